The Hall–Kier alpha value is -1.10. The van der Waals surface area contributed by atoms with Crippen LogP contribution in [0, 0.1) is 0 Å². The summed E-state index contributed by atoms with van der Waals surface area (Å²) in [4.78, 5) is 24.2. The lowest BCUT2D eigenvalue weighted by molar-refractivity contribution is -0.148. The highest BCUT2D eigenvalue weighted by molar-refractivity contribution is 6.35. The zero-order valence-electron chi connectivity index (χ0n) is 8.79. The fraction of sp³-hybridized carbons (Fsp3) is 0.800. The average molecular weight is 211 g/mol. The Bertz CT molecular complexity index is 261. The first-order valence-electron chi connectivity index (χ1n) is 5.58. The van der Waals surface area contributed by atoms with E-state index in [2.05, 4.69) is 10.6 Å². The third-order valence-corrected chi connectivity index (χ3v) is 3.06. The van der Waals surface area contributed by atoms with Crippen LogP contribution in [0.2, 0.25) is 0 Å². The largest absolute Gasteiger partial charge is 0.346 e. The van der Waals surface area contributed by atoms with Gasteiger partial charge in [-0.25, -0.2) is 0 Å². The molecule has 2 fully saturated rings. The van der Waals surface area contributed by atoms with Gasteiger partial charge < -0.3 is 15.5 Å². The van der Waals surface area contributed by atoms with Gasteiger partial charge >= 0.3 is 11.8 Å². The summed E-state index contributed by atoms with van der Waals surface area (Å²) in [6.07, 6.45) is 3.37. The SMILES string of the molecule is O=C1NCCN(CCC2CCCN2)C1=O. The summed E-state index contributed by atoms with van der Waals surface area (Å²) in [5, 5.41) is 5.93. The summed E-state index contributed by atoms with van der Waals surface area (Å²) in [5.41, 5.74) is 0. The minimum Gasteiger partial charge on any atom is -0.346 e. The Morgan fingerprint density at radius 3 is 2.93 bits per heavy atom. The molecule has 0 saturated carbocycles. The number of carbonyl (C=O) groups is 2. The highest BCUT2D eigenvalue weighted by Gasteiger charge is 2.26. The molecule has 0 spiro atoms. The molecule has 0 radical (unpaired) electrons. The maximum absolute atomic E-state index is 11.4. The molecule has 2 saturated heterocycles. The molecule has 0 aromatic rings. The van der Waals surface area contributed by atoms with Crippen LogP contribution in [0.5, 0.6) is 0 Å². The lowest BCUT2D eigenvalue weighted by Gasteiger charge is -2.27. The van der Waals surface area contributed by atoms with E-state index < -0.39 is 5.91 Å². The van der Waals surface area contributed by atoms with Gasteiger partial charge in [-0.05, 0) is 25.8 Å². The Morgan fingerprint density at radius 1 is 1.33 bits per heavy atom. The second-order valence-electron chi connectivity index (χ2n) is 4.13. The van der Waals surface area contributed by atoms with Gasteiger partial charge in [-0.15, -0.1) is 0 Å². The highest BCUT2D eigenvalue weighted by atomic mass is 16.2. The van der Waals surface area contributed by atoms with Gasteiger partial charge in [0.2, 0.25) is 0 Å². The minimum absolute atomic E-state index is 0.376. The van der Waals surface area contributed by atoms with Crippen LogP contribution in [-0.2, 0) is 9.59 Å². The normalized spacial score (nSPS) is 26.9. The molecule has 5 heteroatoms. The maximum atomic E-state index is 11.4. The van der Waals surface area contributed by atoms with Gasteiger partial charge in [0.1, 0.15) is 0 Å². The summed E-state index contributed by atoms with van der Waals surface area (Å²) in [6, 6.07) is 0.530. The van der Waals surface area contributed by atoms with Crippen LogP contribution in [0.25, 0.3) is 0 Å². The van der Waals surface area contributed by atoms with E-state index >= 15 is 0 Å². The topological polar surface area (TPSA) is 61.4 Å². The third kappa shape index (κ3) is 2.47. The van der Waals surface area contributed by atoms with Crippen molar-refractivity contribution in [2.45, 2.75) is 25.3 Å². The molecule has 0 aliphatic carbocycles. The molecule has 0 aromatic carbocycles. The summed E-state index contributed by atoms with van der Waals surface area (Å²) < 4.78 is 0. The predicted molar refractivity (Wildman–Crippen MR) is 55.2 cm³/mol. The summed E-state index contributed by atoms with van der Waals surface area (Å²) in [5.74, 6) is -0.833. The van der Waals surface area contributed by atoms with Crippen molar-refractivity contribution < 1.29 is 9.59 Å². The molecule has 2 rings (SSSR count). The maximum Gasteiger partial charge on any atom is 0.311 e. The Morgan fingerprint density at radius 2 is 2.20 bits per heavy atom. The van der Waals surface area contributed by atoms with E-state index in [1.807, 2.05) is 0 Å². The van der Waals surface area contributed by atoms with Crippen LogP contribution in [0.4, 0.5) is 0 Å². The van der Waals surface area contributed by atoms with Crippen molar-refractivity contribution in [2.24, 2.45) is 0 Å². The first-order chi connectivity index (χ1) is 7.27. The molecule has 1 atom stereocenters. The fourth-order valence-electron chi connectivity index (χ4n) is 2.15. The Balaban J connectivity index is 1.77. The monoisotopic (exact) mass is 211 g/mol. The van der Waals surface area contributed by atoms with Crippen molar-refractivity contribution in [3.8, 4) is 0 Å². The van der Waals surface area contributed by atoms with Crippen molar-refractivity contribution in [2.75, 3.05) is 26.2 Å². The van der Waals surface area contributed by atoms with Crippen molar-refractivity contribution >= 4 is 11.8 Å². The quantitative estimate of drug-likeness (QED) is 0.594. The first kappa shape index (κ1) is 10.4. The molecular formula is C10H17N3O2. The molecule has 0 bridgehead atoms. The summed E-state index contributed by atoms with van der Waals surface area (Å²) in [6.45, 7) is 3.02. The van der Waals surface area contributed by atoms with Crippen LogP contribution in [0.3, 0.4) is 0 Å². The fourth-order valence-corrected chi connectivity index (χ4v) is 2.15. The molecule has 15 heavy (non-hydrogen) atoms. The first-order valence-corrected chi connectivity index (χ1v) is 5.58. The number of nitrogens with zero attached hydrogens (tertiary/aromatic N) is 1. The van der Waals surface area contributed by atoms with Crippen LogP contribution < -0.4 is 10.6 Å². The van der Waals surface area contributed by atoms with Crippen LogP contribution in [0.15, 0.2) is 0 Å². The number of carbonyl (C=O) groups excluding carboxylic acids is 2. The molecule has 2 amide bonds. The number of nitrogens with one attached hydrogen (secondary N) is 2. The molecule has 2 aliphatic rings. The average Bonchev–Trinajstić information content (AvgIpc) is 2.73. The highest BCUT2D eigenvalue weighted by Crippen LogP contribution is 2.10. The van der Waals surface area contributed by atoms with Gasteiger partial charge in [-0.3, -0.25) is 9.59 Å². The van der Waals surface area contributed by atoms with Crippen LogP contribution in [0.1, 0.15) is 19.3 Å². The van der Waals surface area contributed by atoms with Gasteiger partial charge in [0.15, 0.2) is 0 Å². The molecular weight excluding hydrogens is 194 g/mol. The number of hydrogen-bond donors (Lipinski definition) is 2. The lowest BCUT2D eigenvalue weighted by atomic mass is 10.1. The van der Waals surface area contributed by atoms with E-state index in [1.165, 1.54) is 12.8 Å². The molecule has 0 aromatic heterocycles. The molecule has 5 nitrogen and oxygen atoms in total. The van der Waals surface area contributed by atoms with Crippen molar-refractivity contribution in [1.29, 1.82) is 0 Å². The third-order valence-electron chi connectivity index (χ3n) is 3.06. The number of rotatable bonds is 3. The molecule has 2 N–H and O–H groups in total. The van der Waals surface area contributed by atoms with Gasteiger partial charge in [-0.1, -0.05) is 0 Å². The van der Waals surface area contributed by atoms with Crippen molar-refractivity contribution in [1.82, 2.24) is 15.5 Å². The molecule has 2 heterocycles. The smallest absolute Gasteiger partial charge is 0.311 e. The van der Waals surface area contributed by atoms with E-state index in [0.29, 0.717) is 25.7 Å². The minimum atomic E-state index is -0.458. The van der Waals surface area contributed by atoms with E-state index in [9.17, 15) is 9.59 Å². The van der Waals surface area contributed by atoms with Gasteiger partial charge in [0, 0.05) is 25.7 Å². The van der Waals surface area contributed by atoms with E-state index in [4.69, 9.17) is 0 Å². The van der Waals surface area contributed by atoms with E-state index in [-0.39, 0.29) is 5.91 Å². The zero-order valence-corrected chi connectivity index (χ0v) is 8.79. The standard InChI is InChI=1S/C10H17N3O2/c14-9-10(15)13(7-5-12-9)6-3-8-2-1-4-11-8/h8,11H,1-7H2,(H,12,14). The Labute approximate surface area is 89.2 Å². The predicted octanol–water partition coefficient (Wildman–Crippen LogP) is -0.913. The number of piperazine rings is 1. The van der Waals surface area contributed by atoms with E-state index in [0.717, 1.165) is 13.0 Å². The van der Waals surface area contributed by atoms with Crippen molar-refractivity contribution in [3.05, 3.63) is 0 Å². The van der Waals surface area contributed by atoms with Crippen molar-refractivity contribution in [3.63, 3.8) is 0 Å². The van der Waals surface area contributed by atoms with Crippen LogP contribution >= 0.6 is 0 Å². The second kappa shape index (κ2) is 4.61. The molecule has 84 valence electrons. The second-order valence-corrected chi connectivity index (χ2v) is 4.13. The zero-order chi connectivity index (χ0) is 10.7. The lowest BCUT2D eigenvalue weighted by Crippen LogP contribution is -2.52. The van der Waals surface area contributed by atoms with Gasteiger partial charge in [-0.2, -0.15) is 0 Å². The summed E-state index contributed by atoms with van der Waals surface area (Å²) >= 11 is 0. The Kier molecular flexibility index (Phi) is 3.20. The van der Waals surface area contributed by atoms with Crippen LogP contribution in [-0.4, -0.2) is 48.9 Å². The number of amides is 2. The summed E-state index contributed by atoms with van der Waals surface area (Å²) in [7, 11) is 0. The van der Waals surface area contributed by atoms with Gasteiger partial charge in [0.05, 0.1) is 0 Å². The molecule has 1 unspecified atom stereocenters. The van der Waals surface area contributed by atoms with E-state index in [1.54, 1.807) is 4.90 Å². The van der Waals surface area contributed by atoms with Gasteiger partial charge in [0.25, 0.3) is 0 Å². The number of hydrogen-bond acceptors (Lipinski definition) is 3. The molecule has 2 aliphatic heterocycles.